The standard InChI is InChI=1S/C9H5Cl3N2O/c10-9(11,12)8(13-6-15)14-7-4-2-1-3-5-7/h1-5H. The Bertz CT molecular complexity index is 405. The molecular weight excluding hydrogens is 258 g/mol. The van der Waals surface area contributed by atoms with Crippen molar-refractivity contribution in [2.24, 2.45) is 9.98 Å². The quantitative estimate of drug-likeness (QED) is 0.331. The maximum Gasteiger partial charge on any atom is 0.251 e. The molecule has 0 aliphatic rings. The molecule has 0 fully saturated rings. The summed E-state index contributed by atoms with van der Waals surface area (Å²) in [4.78, 5) is 17.3. The van der Waals surface area contributed by atoms with Crippen molar-refractivity contribution in [3.8, 4) is 0 Å². The minimum absolute atomic E-state index is 0.214. The third kappa shape index (κ3) is 4.02. The van der Waals surface area contributed by atoms with Crippen LogP contribution >= 0.6 is 34.8 Å². The number of para-hydroxylation sites is 1. The zero-order valence-electron chi connectivity index (χ0n) is 7.32. The summed E-state index contributed by atoms with van der Waals surface area (Å²) in [5.74, 6) is -0.214. The molecule has 0 atom stereocenters. The van der Waals surface area contributed by atoms with Gasteiger partial charge in [0.1, 0.15) is 0 Å². The van der Waals surface area contributed by atoms with Crippen LogP contribution in [0.3, 0.4) is 0 Å². The summed E-state index contributed by atoms with van der Waals surface area (Å²) in [7, 11) is 0. The number of halogens is 3. The Kier molecular flexibility index (Phi) is 4.30. The monoisotopic (exact) mass is 262 g/mol. The van der Waals surface area contributed by atoms with Gasteiger partial charge in [-0.2, -0.15) is 0 Å². The Morgan fingerprint density at radius 1 is 1.20 bits per heavy atom. The van der Waals surface area contributed by atoms with Gasteiger partial charge in [0.05, 0.1) is 5.69 Å². The molecular formula is C9H5Cl3N2O. The molecule has 0 bridgehead atoms. The van der Waals surface area contributed by atoms with Crippen LogP contribution in [0.2, 0.25) is 0 Å². The lowest BCUT2D eigenvalue weighted by Gasteiger charge is -2.08. The zero-order chi connectivity index (χ0) is 11.3. The second-order valence-electron chi connectivity index (χ2n) is 2.47. The first-order chi connectivity index (χ1) is 7.04. The van der Waals surface area contributed by atoms with Crippen molar-refractivity contribution in [2.75, 3.05) is 0 Å². The number of amidine groups is 1. The van der Waals surface area contributed by atoms with Crippen LogP contribution in [0.25, 0.3) is 0 Å². The molecule has 0 spiro atoms. The molecule has 0 saturated heterocycles. The van der Waals surface area contributed by atoms with Gasteiger partial charge in [0.25, 0.3) is 3.79 Å². The van der Waals surface area contributed by atoms with Gasteiger partial charge in [-0.1, -0.05) is 53.0 Å². The highest BCUT2D eigenvalue weighted by Crippen LogP contribution is 2.30. The van der Waals surface area contributed by atoms with Gasteiger partial charge in [-0.05, 0) is 12.1 Å². The van der Waals surface area contributed by atoms with Crippen molar-refractivity contribution in [1.29, 1.82) is 0 Å². The minimum atomic E-state index is -1.84. The first-order valence-electron chi connectivity index (χ1n) is 3.83. The minimum Gasteiger partial charge on any atom is -0.228 e. The van der Waals surface area contributed by atoms with Crippen molar-refractivity contribution in [2.45, 2.75) is 3.79 Å². The normalized spacial score (nSPS) is 12.1. The molecule has 78 valence electrons. The van der Waals surface area contributed by atoms with Gasteiger partial charge in [-0.25, -0.2) is 9.79 Å². The first-order valence-corrected chi connectivity index (χ1v) is 4.96. The van der Waals surface area contributed by atoms with E-state index in [0.29, 0.717) is 5.69 Å². The average Bonchev–Trinajstić information content (AvgIpc) is 2.17. The molecule has 0 aliphatic heterocycles. The summed E-state index contributed by atoms with van der Waals surface area (Å²) in [5, 5.41) is 0. The fourth-order valence-corrected chi connectivity index (χ4v) is 1.07. The van der Waals surface area contributed by atoms with Crippen LogP contribution in [0.4, 0.5) is 5.69 Å². The van der Waals surface area contributed by atoms with E-state index < -0.39 is 3.79 Å². The molecule has 0 amide bonds. The Morgan fingerprint density at radius 2 is 1.80 bits per heavy atom. The summed E-state index contributed by atoms with van der Waals surface area (Å²) in [6, 6.07) is 8.73. The summed E-state index contributed by atoms with van der Waals surface area (Å²) in [5.41, 5.74) is 0.540. The van der Waals surface area contributed by atoms with Gasteiger partial charge in [0.15, 0.2) is 5.84 Å². The maximum atomic E-state index is 10.1. The van der Waals surface area contributed by atoms with Crippen molar-refractivity contribution in [3.63, 3.8) is 0 Å². The zero-order valence-corrected chi connectivity index (χ0v) is 9.59. The summed E-state index contributed by atoms with van der Waals surface area (Å²) in [6.45, 7) is 0. The third-order valence-electron chi connectivity index (χ3n) is 1.40. The fourth-order valence-electron chi connectivity index (χ4n) is 0.820. The Morgan fingerprint density at radius 3 is 2.27 bits per heavy atom. The lowest BCUT2D eigenvalue weighted by atomic mass is 10.3. The number of nitrogens with zero attached hydrogens (tertiary/aromatic N) is 2. The summed E-state index contributed by atoms with van der Waals surface area (Å²) >= 11 is 16.7. The van der Waals surface area contributed by atoms with Crippen molar-refractivity contribution < 1.29 is 4.79 Å². The lowest BCUT2D eigenvalue weighted by Crippen LogP contribution is -2.16. The molecule has 1 aromatic carbocycles. The van der Waals surface area contributed by atoms with E-state index in [-0.39, 0.29) is 5.84 Å². The number of carbonyl (C=O) groups excluding carboxylic acids is 1. The van der Waals surface area contributed by atoms with Gasteiger partial charge in [0.2, 0.25) is 6.08 Å². The molecule has 0 N–H and O–H groups in total. The molecule has 0 unspecified atom stereocenters. The molecule has 0 saturated carbocycles. The lowest BCUT2D eigenvalue weighted by molar-refractivity contribution is 0.565. The van der Waals surface area contributed by atoms with Crippen molar-refractivity contribution >= 4 is 52.4 Å². The Balaban J connectivity index is 3.11. The smallest absolute Gasteiger partial charge is 0.228 e. The number of hydrogen-bond acceptors (Lipinski definition) is 2. The van der Waals surface area contributed by atoms with E-state index in [0.717, 1.165) is 0 Å². The summed E-state index contributed by atoms with van der Waals surface area (Å²) < 4.78 is -1.84. The highest BCUT2D eigenvalue weighted by Gasteiger charge is 2.28. The second kappa shape index (κ2) is 5.29. The number of aliphatic imine (C=N–C) groups is 2. The number of hydrogen-bond donors (Lipinski definition) is 0. The maximum absolute atomic E-state index is 10.1. The van der Waals surface area contributed by atoms with Crippen LogP contribution in [-0.2, 0) is 4.79 Å². The predicted molar refractivity (Wildman–Crippen MR) is 61.9 cm³/mol. The Hall–Kier alpha value is -0.860. The molecule has 6 heteroatoms. The molecule has 0 aromatic heterocycles. The van der Waals surface area contributed by atoms with E-state index in [2.05, 4.69) is 9.98 Å². The number of isocyanates is 1. The van der Waals surface area contributed by atoms with Crippen LogP contribution in [0.1, 0.15) is 0 Å². The Labute approximate surface area is 101 Å². The molecule has 3 nitrogen and oxygen atoms in total. The van der Waals surface area contributed by atoms with Gasteiger partial charge in [-0.15, -0.1) is 4.99 Å². The molecule has 15 heavy (non-hydrogen) atoms. The van der Waals surface area contributed by atoms with Crippen LogP contribution in [0, 0.1) is 0 Å². The highest BCUT2D eigenvalue weighted by molar-refractivity contribution is 6.76. The number of benzene rings is 1. The highest BCUT2D eigenvalue weighted by atomic mass is 35.6. The topological polar surface area (TPSA) is 41.8 Å². The van der Waals surface area contributed by atoms with Crippen LogP contribution in [0.5, 0.6) is 0 Å². The largest absolute Gasteiger partial charge is 0.251 e. The van der Waals surface area contributed by atoms with E-state index in [4.69, 9.17) is 34.8 Å². The second-order valence-corrected chi connectivity index (χ2v) is 4.75. The molecule has 0 aliphatic carbocycles. The van der Waals surface area contributed by atoms with Gasteiger partial charge in [-0.3, -0.25) is 0 Å². The molecule has 0 radical (unpaired) electrons. The van der Waals surface area contributed by atoms with E-state index in [9.17, 15) is 4.79 Å². The van der Waals surface area contributed by atoms with Gasteiger partial charge < -0.3 is 0 Å². The molecule has 1 aromatic rings. The number of rotatable bonds is 1. The van der Waals surface area contributed by atoms with Gasteiger partial charge in [0, 0.05) is 0 Å². The van der Waals surface area contributed by atoms with Crippen molar-refractivity contribution in [1.82, 2.24) is 0 Å². The van der Waals surface area contributed by atoms with E-state index in [1.807, 2.05) is 6.07 Å². The average molecular weight is 264 g/mol. The van der Waals surface area contributed by atoms with Gasteiger partial charge >= 0.3 is 0 Å². The molecule has 0 heterocycles. The van der Waals surface area contributed by atoms with Crippen LogP contribution < -0.4 is 0 Å². The fraction of sp³-hybridized carbons (Fsp3) is 0.111. The summed E-state index contributed by atoms with van der Waals surface area (Å²) in [6.07, 6.45) is 1.29. The number of alkyl halides is 3. The molecule has 1 rings (SSSR count). The SMILES string of the molecule is O=C=NC(=Nc1ccccc1)C(Cl)(Cl)Cl. The third-order valence-corrected chi connectivity index (χ3v) is 1.90. The van der Waals surface area contributed by atoms with E-state index in [1.165, 1.54) is 6.08 Å². The van der Waals surface area contributed by atoms with E-state index in [1.54, 1.807) is 24.3 Å². The van der Waals surface area contributed by atoms with Crippen LogP contribution in [0.15, 0.2) is 40.3 Å². The van der Waals surface area contributed by atoms with Crippen molar-refractivity contribution in [3.05, 3.63) is 30.3 Å². The predicted octanol–water partition coefficient (Wildman–Crippen LogP) is 3.42. The first kappa shape index (κ1) is 12.2. The van der Waals surface area contributed by atoms with E-state index >= 15 is 0 Å². The van der Waals surface area contributed by atoms with Crippen LogP contribution in [-0.4, -0.2) is 15.7 Å².